The molecule has 0 unspecified atom stereocenters. The molecule has 0 saturated heterocycles. The van der Waals surface area contributed by atoms with Crippen LogP contribution in [-0.2, 0) is 9.59 Å². The standard InChI is InChI=1S/C13H15NO5/c1-7-3-4-9(5-8(7)2)12(17)14-10(13(18)19)6-11(15)16/h3-5,10H,6H2,1-2H3,(H,14,17)(H,15,16)(H,18,19)/t10-/m0/s1. The van der Waals surface area contributed by atoms with Crippen LogP contribution in [0.25, 0.3) is 0 Å². The number of nitrogens with one attached hydrogen (secondary N) is 1. The van der Waals surface area contributed by atoms with Gasteiger partial charge >= 0.3 is 11.9 Å². The molecule has 19 heavy (non-hydrogen) atoms. The van der Waals surface area contributed by atoms with E-state index in [1.165, 1.54) is 0 Å². The van der Waals surface area contributed by atoms with Crippen molar-refractivity contribution >= 4 is 17.8 Å². The van der Waals surface area contributed by atoms with E-state index in [-0.39, 0.29) is 0 Å². The van der Waals surface area contributed by atoms with Gasteiger partial charge in [-0.15, -0.1) is 0 Å². The van der Waals surface area contributed by atoms with Crippen LogP contribution in [0.4, 0.5) is 0 Å². The summed E-state index contributed by atoms with van der Waals surface area (Å²) < 4.78 is 0. The van der Waals surface area contributed by atoms with Gasteiger partial charge in [-0.25, -0.2) is 4.79 Å². The molecule has 6 nitrogen and oxygen atoms in total. The van der Waals surface area contributed by atoms with Crippen LogP contribution in [0.2, 0.25) is 0 Å². The molecule has 0 spiro atoms. The summed E-state index contributed by atoms with van der Waals surface area (Å²) in [7, 11) is 0. The van der Waals surface area contributed by atoms with Crippen LogP contribution >= 0.6 is 0 Å². The van der Waals surface area contributed by atoms with Gasteiger partial charge in [0.1, 0.15) is 6.04 Å². The van der Waals surface area contributed by atoms with Crippen LogP contribution in [0.3, 0.4) is 0 Å². The molecule has 3 N–H and O–H groups in total. The lowest BCUT2D eigenvalue weighted by molar-refractivity contribution is -0.145. The topological polar surface area (TPSA) is 104 Å². The van der Waals surface area contributed by atoms with Crippen LogP contribution < -0.4 is 5.32 Å². The molecule has 0 saturated carbocycles. The number of amides is 1. The van der Waals surface area contributed by atoms with Crippen LogP contribution in [0.15, 0.2) is 18.2 Å². The van der Waals surface area contributed by atoms with E-state index >= 15 is 0 Å². The van der Waals surface area contributed by atoms with Crippen molar-refractivity contribution in [3.63, 3.8) is 0 Å². The van der Waals surface area contributed by atoms with Crippen LogP contribution in [0.5, 0.6) is 0 Å². The van der Waals surface area contributed by atoms with E-state index in [4.69, 9.17) is 10.2 Å². The minimum atomic E-state index is -1.44. The Morgan fingerprint density at radius 1 is 1.16 bits per heavy atom. The van der Waals surface area contributed by atoms with E-state index in [9.17, 15) is 14.4 Å². The van der Waals surface area contributed by atoms with E-state index in [0.717, 1.165) is 11.1 Å². The Bertz CT molecular complexity index is 524. The Morgan fingerprint density at radius 3 is 2.26 bits per heavy atom. The highest BCUT2D eigenvalue weighted by Gasteiger charge is 2.23. The molecular formula is C13H15NO5. The minimum absolute atomic E-state index is 0.305. The van der Waals surface area contributed by atoms with Crippen molar-refractivity contribution < 1.29 is 24.6 Å². The van der Waals surface area contributed by atoms with Gasteiger partial charge in [0.25, 0.3) is 5.91 Å². The molecule has 0 aliphatic carbocycles. The molecular weight excluding hydrogens is 250 g/mol. The number of carboxylic acids is 2. The molecule has 1 aromatic rings. The number of aliphatic carboxylic acids is 2. The molecule has 0 fully saturated rings. The second kappa shape index (κ2) is 5.99. The summed E-state index contributed by atoms with van der Waals surface area (Å²) in [6.07, 6.45) is -0.661. The molecule has 0 heterocycles. The minimum Gasteiger partial charge on any atom is -0.481 e. The predicted molar refractivity (Wildman–Crippen MR) is 67.1 cm³/mol. The van der Waals surface area contributed by atoms with Gasteiger partial charge < -0.3 is 15.5 Å². The van der Waals surface area contributed by atoms with Crippen LogP contribution in [-0.4, -0.2) is 34.1 Å². The maximum Gasteiger partial charge on any atom is 0.326 e. The highest BCUT2D eigenvalue weighted by atomic mass is 16.4. The first-order chi connectivity index (χ1) is 8.81. The number of rotatable bonds is 5. The second-order valence-electron chi connectivity index (χ2n) is 4.26. The molecule has 1 rings (SSSR count). The number of hydrogen-bond donors (Lipinski definition) is 3. The number of carbonyl (C=O) groups is 3. The van der Waals surface area contributed by atoms with Crippen molar-refractivity contribution in [3.05, 3.63) is 34.9 Å². The lowest BCUT2D eigenvalue weighted by atomic mass is 10.1. The van der Waals surface area contributed by atoms with Gasteiger partial charge in [0.2, 0.25) is 0 Å². The molecule has 0 aromatic heterocycles. The summed E-state index contributed by atoms with van der Waals surface area (Å²) >= 11 is 0. The maximum atomic E-state index is 11.8. The highest BCUT2D eigenvalue weighted by Crippen LogP contribution is 2.10. The Kier molecular flexibility index (Phi) is 4.63. The molecule has 0 aliphatic heterocycles. The number of aryl methyl sites for hydroxylation is 2. The summed E-state index contributed by atoms with van der Waals surface area (Å²) in [5.41, 5.74) is 2.22. The molecule has 1 amide bonds. The lowest BCUT2D eigenvalue weighted by Gasteiger charge is -2.13. The second-order valence-corrected chi connectivity index (χ2v) is 4.26. The van der Waals surface area contributed by atoms with Crippen molar-refractivity contribution in [1.29, 1.82) is 0 Å². The molecule has 0 aliphatic rings. The van der Waals surface area contributed by atoms with Crippen molar-refractivity contribution in [2.75, 3.05) is 0 Å². The van der Waals surface area contributed by atoms with E-state index in [2.05, 4.69) is 5.32 Å². The zero-order chi connectivity index (χ0) is 14.6. The van der Waals surface area contributed by atoms with E-state index in [1.54, 1.807) is 18.2 Å². The normalized spacial score (nSPS) is 11.7. The van der Waals surface area contributed by atoms with Crippen molar-refractivity contribution in [1.82, 2.24) is 5.32 Å². The largest absolute Gasteiger partial charge is 0.481 e. The quantitative estimate of drug-likeness (QED) is 0.735. The van der Waals surface area contributed by atoms with Gasteiger partial charge in [-0.05, 0) is 37.1 Å². The average Bonchev–Trinajstić information content (AvgIpc) is 2.31. The van der Waals surface area contributed by atoms with Gasteiger partial charge in [0.05, 0.1) is 6.42 Å². The first kappa shape index (κ1) is 14.7. The summed E-state index contributed by atoms with van der Waals surface area (Å²) in [6, 6.07) is 3.51. The van der Waals surface area contributed by atoms with E-state index < -0.39 is 30.3 Å². The Balaban J connectivity index is 2.84. The first-order valence-electron chi connectivity index (χ1n) is 5.64. The molecule has 0 bridgehead atoms. The Labute approximate surface area is 110 Å². The predicted octanol–water partition coefficient (Wildman–Crippen LogP) is 0.961. The SMILES string of the molecule is Cc1ccc(C(=O)N[C@@H](CC(=O)O)C(=O)O)cc1C. The number of benzene rings is 1. The fourth-order valence-corrected chi connectivity index (χ4v) is 1.50. The summed E-state index contributed by atoms with van der Waals surface area (Å²) in [5, 5.41) is 19.6. The maximum absolute atomic E-state index is 11.8. The average molecular weight is 265 g/mol. The zero-order valence-electron chi connectivity index (χ0n) is 10.6. The van der Waals surface area contributed by atoms with Gasteiger partial charge in [0, 0.05) is 5.56 Å². The highest BCUT2D eigenvalue weighted by molar-refractivity contribution is 5.97. The summed E-state index contributed by atoms with van der Waals surface area (Å²) in [4.78, 5) is 33.2. The molecule has 1 aromatic carbocycles. The summed E-state index contributed by atoms with van der Waals surface area (Å²) in [6.45, 7) is 3.72. The first-order valence-corrected chi connectivity index (χ1v) is 5.64. The third-order valence-corrected chi connectivity index (χ3v) is 2.75. The Morgan fingerprint density at radius 2 is 1.79 bits per heavy atom. The van der Waals surface area contributed by atoms with Crippen LogP contribution in [0, 0.1) is 13.8 Å². The molecule has 6 heteroatoms. The zero-order valence-corrected chi connectivity index (χ0v) is 10.6. The molecule has 0 radical (unpaired) electrons. The number of carbonyl (C=O) groups excluding carboxylic acids is 1. The van der Waals surface area contributed by atoms with Gasteiger partial charge in [0.15, 0.2) is 0 Å². The molecule has 102 valence electrons. The van der Waals surface area contributed by atoms with E-state index in [1.807, 2.05) is 13.8 Å². The Hall–Kier alpha value is -2.37. The monoisotopic (exact) mass is 265 g/mol. The summed E-state index contributed by atoms with van der Waals surface area (Å²) in [5.74, 6) is -3.26. The third-order valence-electron chi connectivity index (χ3n) is 2.75. The van der Waals surface area contributed by atoms with E-state index in [0.29, 0.717) is 5.56 Å². The van der Waals surface area contributed by atoms with Gasteiger partial charge in [-0.1, -0.05) is 6.07 Å². The smallest absolute Gasteiger partial charge is 0.326 e. The number of carboxylic acid groups (broad SMARTS) is 2. The molecule has 1 atom stereocenters. The lowest BCUT2D eigenvalue weighted by Crippen LogP contribution is -2.42. The van der Waals surface area contributed by atoms with Crippen molar-refractivity contribution in [2.24, 2.45) is 0 Å². The van der Waals surface area contributed by atoms with Crippen molar-refractivity contribution in [2.45, 2.75) is 26.3 Å². The van der Waals surface area contributed by atoms with Gasteiger partial charge in [-0.3, -0.25) is 9.59 Å². The number of hydrogen-bond acceptors (Lipinski definition) is 3. The fraction of sp³-hybridized carbons (Fsp3) is 0.308. The fourth-order valence-electron chi connectivity index (χ4n) is 1.50. The van der Waals surface area contributed by atoms with Gasteiger partial charge in [-0.2, -0.15) is 0 Å². The third kappa shape index (κ3) is 4.09. The van der Waals surface area contributed by atoms with Crippen LogP contribution in [0.1, 0.15) is 27.9 Å². The van der Waals surface area contributed by atoms with Crippen molar-refractivity contribution in [3.8, 4) is 0 Å².